The fraction of sp³-hybridized carbons (Fsp3) is 0.143. The van der Waals surface area contributed by atoms with Crippen LogP contribution in [0.25, 0.3) is 0 Å². The molecule has 0 radical (unpaired) electrons. The number of nitrogens with zero attached hydrogens (tertiary/aromatic N) is 1. The van der Waals surface area contributed by atoms with Gasteiger partial charge in [-0.05, 0) is 6.07 Å². The highest BCUT2D eigenvalue weighted by Crippen LogP contribution is 2.28. The fourth-order valence-corrected chi connectivity index (χ4v) is 0.809. The second kappa shape index (κ2) is 3.71. The van der Waals surface area contributed by atoms with E-state index in [1.54, 1.807) is 0 Å². The van der Waals surface area contributed by atoms with Crippen molar-refractivity contribution in [3.8, 4) is 5.75 Å². The first-order chi connectivity index (χ1) is 6.79. The van der Waals surface area contributed by atoms with E-state index in [4.69, 9.17) is 0 Å². The molecule has 0 atom stereocenters. The van der Waals surface area contributed by atoms with E-state index in [1.165, 1.54) is 0 Å². The summed E-state index contributed by atoms with van der Waals surface area (Å²) in [4.78, 5) is 9.22. The molecule has 0 unspecified atom stereocenters. The first kappa shape index (κ1) is 11.2. The zero-order valence-corrected chi connectivity index (χ0v) is 6.92. The van der Waals surface area contributed by atoms with E-state index in [1.807, 2.05) is 0 Å². The van der Waals surface area contributed by atoms with Gasteiger partial charge in [-0.3, -0.25) is 10.1 Å². The van der Waals surface area contributed by atoms with Gasteiger partial charge in [-0.2, -0.15) is 0 Å². The van der Waals surface area contributed by atoms with Crippen LogP contribution in [0.15, 0.2) is 18.2 Å². The molecule has 0 aliphatic carbocycles. The van der Waals surface area contributed by atoms with Crippen LogP contribution < -0.4 is 4.74 Å². The number of alkyl halides is 3. The molecule has 0 bridgehead atoms. The predicted molar refractivity (Wildman–Crippen MR) is 39.7 cm³/mol. The van der Waals surface area contributed by atoms with Crippen LogP contribution in [0.1, 0.15) is 0 Å². The number of rotatable bonds is 2. The van der Waals surface area contributed by atoms with Crippen molar-refractivity contribution >= 4 is 5.69 Å². The highest BCUT2D eigenvalue weighted by Gasteiger charge is 2.33. The molecule has 1 rings (SSSR count). The van der Waals surface area contributed by atoms with Crippen LogP contribution in [0.3, 0.4) is 0 Å². The number of nitro benzene ring substituents is 1. The summed E-state index contributed by atoms with van der Waals surface area (Å²) in [6.45, 7) is 0. The summed E-state index contributed by atoms with van der Waals surface area (Å²) in [5.41, 5.74) is -0.685. The number of nitro groups is 1. The van der Waals surface area contributed by atoms with Gasteiger partial charge < -0.3 is 4.74 Å². The molecule has 1 aromatic carbocycles. The van der Waals surface area contributed by atoms with E-state index in [0.29, 0.717) is 12.1 Å². The molecule has 0 N–H and O–H groups in total. The molecule has 0 saturated heterocycles. The maximum Gasteiger partial charge on any atom is 0.573 e. The Balaban J connectivity index is 3.06. The van der Waals surface area contributed by atoms with Crippen LogP contribution in [-0.2, 0) is 0 Å². The number of halogens is 4. The summed E-state index contributed by atoms with van der Waals surface area (Å²) in [6, 6.07) is 1.63. The molecule has 15 heavy (non-hydrogen) atoms. The second-order valence-electron chi connectivity index (χ2n) is 2.42. The van der Waals surface area contributed by atoms with Crippen molar-refractivity contribution in [3.63, 3.8) is 0 Å². The summed E-state index contributed by atoms with van der Waals surface area (Å²) < 4.78 is 51.0. The zero-order valence-electron chi connectivity index (χ0n) is 6.92. The molecule has 0 amide bonds. The third-order valence-electron chi connectivity index (χ3n) is 1.35. The maximum atomic E-state index is 12.7. The van der Waals surface area contributed by atoms with E-state index in [-0.39, 0.29) is 0 Å². The number of hydrogen-bond acceptors (Lipinski definition) is 3. The van der Waals surface area contributed by atoms with Crippen LogP contribution >= 0.6 is 0 Å². The topological polar surface area (TPSA) is 52.4 Å². The van der Waals surface area contributed by atoms with Crippen molar-refractivity contribution in [2.75, 3.05) is 0 Å². The lowest BCUT2D eigenvalue weighted by Gasteiger charge is -2.08. The Morgan fingerprint density at radius 2 is 1.93 bits per heavy atom. The highest BCUT2D eigenvalue weighted by molar-refractivity contribution is 5.39. The molecular formula is C7H3F4NO3. The van der Waals surface area contributed by atoms with Gasteiger partial charge >= 0.3 is 6.36 Å². The van der Waals surface area contributed by atoms with Crippen LogP contribution in [0.5, 0.6) is 5.75 Å². The van der Waals surface area contributed by atoms with E-state index < -0.39 is 28.5 Å². The van der Waals surface area contributed by atoms with Crippen molar-refractivity contribution in [1.82, 2.24) is 0 Å². The molecule has 0 saturated carbocycles. The number of hydrogen-bond donors (Lipinski definition) is 0. The lowest BCUT2D eigenvalue weighted by atomic mass is 10.3. The Bertz CT molecular complexity index is 390. The first-order valence-electron chi connectivity index (χ1n) is 3.49. The summed E-state index contributed by atoms with van der Waals surface area (Å²) >= 11 is 0. The zero-order chi connectivity index (χ0) is 11.6. The van der Waals surface area contributed by atoms with Gasteiger partial charge in [0.05, 0.1) is 11.0 Å². The molecule has 0 aliphatic heterocycles. The van der Waals surface area contributed by atoms with Gasteiger partial charge in [0.15, 0.2) is 11.6 Å². The smallest absolute Gasteiger partial charge is 0.402 e. The normalized spacial score (nSPS) is 11.2. The van der Waals surface area contributed by atoms with Crippen LogP contribution in [-0.4, -0.2) is 11.3 Å². The Kier molecular flexibility index (Phi) is 2.78. The third-order valence-corrected chi connectivity index (χ3v) is 1.35. The SMILES string of the molecule is O=[N+]([O-])c1ccc(F)c(OC(F)(F)F)c1. The molecule has 1 aromatic rings. The molecule has 0 fully saturated rings. The van der Waals surface area contributed by atoms with Crippen LogP contribution in [0.4, 0.5) is 23.2 Å². The van der Waals surface area contributed by atoms with Crippen molar-refractivity contribution < 1.29 is 27.2 Å². The minimum atomic E-state index is -5.09. The average molecular weight is 225 g/mol. The van der Waals surface area contributed by atoms with E-state index in [2.05, 4.69) is 4.74 Å². The van der Waals surface area contributed by atoms with Gasteiger partial charge in [0.1, 0.15) is 0 Å². The summed E-state index contributed by atoms with van der Waals surface area (Å²) in [7, 11) is 0. The standard InChI is InChI=1S/C7H3F4NO3/c8-5-2-1-4(12(13)14)3-6(5)15-7(9,10)11/h1-3H. The van der Waals surface area contributed by atoms with Crippen LogP contribution in [0, 0.1) is 15.9 Å². The largest absolute Gasteiger partial charge is 0.573 e. The average Bonchev–Trinajstić information content (AvgIpc) is 2.06. The van der Waals surface area contributed by atoms with Crippen molar-refractivity contribution in [1.29, 1.82) is 0 Å². The van der Waals surface area contributed by atoms with E-state index in [0.717, 1.165) is 6.07 Å². The first-order valence-corrected chi connectivity index (χ1v) is 3.49. The lowest BCUT2D eigenvalue weighted by molar-refractivity contribution is -0.385. The fourth-order valence-electron chi connectivity index (χ4n) is 0.809. The number of benzene rings is 1. The summed E-state index contributed by atoms with van der Waals surface area (Å²) in [5, 5.41) is 10.2. The monoisotopic (exact) mass is 225 g/mol. The second-order valence-corrected chi connectivity index (χ2v) is 2.42. The molecule has 0 aromatic heterocycles. The van der Waals surface area contributed by atoms with Crippen molar-refractivity contribution in [3.05, 3.63) is 34.1 Å². The Hall–Kier alpha value is -1.86. The number of non-ortho nitro benzene ring substituents is 1. The lowest BCUT2D eigenvalue weighted by Crippen LogP contribution is -2.18. The van der Waals surface area contributed by atoms with Crippen molar-refractivity contribution in [2.45, 2.75) is 6.36 Å². The predicted octanol–water partition coefficient (Wildman–Crippen LogP) is 2.63. The molecule has 0 aliphatic rings. The minimum Gasteiger partial charge on any atom is -0.402 e. The van der Waals surface area contributed by atoms with Gasteiger partial charge in [0.25, 0.3) is 5.69 Å². The van der Waals surface area contributed by atoms with Crippen molar-refractivity contribution in [2.24, 2.45) is 0 Å². The van der Waals surface area contributed by atoms with Crippen LogP contribution in [0.2, 0.25) is 0 Å². The molecule has 8 heteroatoms. The Morgan fingerprint density at radius 1 is 1.33 bits per heavy atom. The van der Waals surface area contributed by atoms with Gasteiger partial charge in [0, 0.05) is 6.07 Å². The minimum absolute atomic E-state index is 0.364. The van der Waals surface area contributed by atoms with Gasteiger partial charge in [-0.25, -0.2) is 4.39 Å². The molecule has 4 nitrogen and oxygen atoms in total. The molecular weight excluding hydrogens is 222 g/mol. The molecule has 82 valence electrons. The maximum absolute atomic E-state index is 12.7. The van der Waals surface area contributed by atoms with Gasteiger partial charge in [-0.1, -0.05) is 0 Å². The Labute approximate surface area is 80.2 Å². The van der Waals surface area contributed by atoms with E-state index in [9.17, 15) is 27.7 Å². The Morgan fingerprint density at radius 3 is 2.40 bits per heavy atom. The third kappa shape index (κ3) is 3.08. The molecule has 0 heterocycles. The highest BCUT2D eigenvalue weighted by atomic mass is 19.4. The summed E-state index contributed by atoms with van der Waals surface area (Å²) in [5.74, 6) is -2.55. The van der Waals surface area contributed by atoms with E-state index >= 15 is 0 Å². The van der Waals surface area contributed by atoms with Gasteiger partial charge in [-0.15, -0.1) is 13.2 Å². The number of ether oxygens (including phenoxy) is 1. The summed E-state index contributed by atoms with van der Waals surface area (Å²) in [6.07, 6.45) is -5.09. The quantitative estimate of drug-likeness (QED) is 0.441. The van der Waals surface area contributed by atoms with Gasteiger partial charge in [0.2, 0.25) is 0 Å². The molecule has 0 spiro atoms.